The van der Waals surface area contributed by atoms with Crippen LogP contribution < -0.4 is 5.32 Å². The van der Waals surface area contributed by atoms with E-state index in [1.165, 1.54) is 19.2 Å². The normalized spacial score (nSPS) is 13.0. The molecule has 0 aliphatic carbocycles. The average molecular weight is 403 g/mol. The SMILES string of the molecule is CC(NC(=O)c1cncc(-c2ccc(Cl)cc2)c1)C(O)c1c(F)cccc1F. The first-order valence-corrected chi connectivity index (χ1v) is 8.88. The Morgan fingerprint density at radius 3 is 2.36 bits per heavy atom. The molecule has 7 heteroatoms. The molecule has 1 heterocycles. The molecule has 2 aromatic carbocycles. The van der Waals surface area contributed by atoms with Crippen molar-refractivity contribution < 1.29 is 18.7 Å². The number of carbonyl (C=O) groups is 1. The molecule has 4 nitrogen and oxygen atoms in total. The molecule has 28 heavy (non-hydrogen) atoms. The van der Waals surface area contributed by atoms with Crippen LogP contribution in [0, 0.1) is 11.6 Å². The molecule has 0 aliphatic rings. The number of aliphatic hydroxyl groups excluding tert-OH is 1. The quantitative estimate of drug-likeness (QED) is 0.659. The molecule has 0 fully saturated rings. The van der Waals surface area contributed by atoms with Crippen molar-refractivity contribution in [2.24, 2.45) is 0 Å². The molecule has 3 aromatic rings. The van der Waals surface area contributed by atoms with Gasteiger partial charge in [-0.3, -0.25) is 9.78 Å². The van der Waals surface area contributed by atoms with Crippen molar-refractivity contribution in [2.45, 2.75) is 19.1 Å². The Morgan fingerprint density at radius 2 is 1.71 bits per heavy atom. The second-order valence-corrected chi connectivity index (χ2v) is 6.75. The maximum absolute atomic E-state index is 13.9. The molecule has 0 spiro atoms. The summed E-state index contributed by atoms with van der Waals surface area (Å²) in [6.45, 7) is 1.46. The summed E-state index contributed by atoms with van der Waals surface area (Å²) in [7, 11) is 0. The maximum Gasteiger partial charge on any atom is 0.253 e. The summed E-state index contributed by atoms with van der Waals surface area (Å²) in [6, 6.07) is 11.1. The van der Waals surface area contributed by atoms with E-state index in [9.17, 15) is 18.7 Å². The van der Waals surface area contributed by atoms with E-state index in [-0.39, 0.29) is 5.56 Å². The van der Waals surface area contributed by atoms with Gasteiger partial charge in [0.1, 0.15) is 17.7 Å². The van der Waals surface area contributed by atoms with E-state index < -0.39 is 35.3 Å². The van der Waals surface area contributed by atoms with Crippen molar-refractivity contribution in [1.82, 2.24) is 10.3 Å². The highest BCUT2D eigenvalue weighted by atomic mass is 35.5. The molecule has 0 aliphatic heterocycles. The third kappa shape index (κ3) is 4.35. The monoisotopic (exact) mass is 402 g/mol. The second-order valence-electron chi connectivity index (χ2n) is 6.31. The van der Waals surface area contributed by atoms with Gasteiger partial charge in [-0.05, 0) is 42.8 Å². The topological polar surface area (TPSA) is 62.2 Å². The van der Waals surface area contributed by atoms with Crippen molar-refractivity contribution in [3.8, 4) is 11.1 Å². The van der Waals surface area contributed by atoms with E-state index in [4.69, 9.17) is 11.6 Å². The van der Waals surface area contributed by atoms with E-state index in [2.05, 4.69) is 10.3 Å². The van der Waals surface area contributed by atoms with Crippen LogP contribution in [0.3, 0.4) is 0 Å². The van der Waals surface area contributed by atoms with Gasteiger partial charge in [0.2, 0.25) is 0 Å². The lowest BCUT2D eigenvalue weighted by atomic mass is 10.0. The van der Waals surface area contributed by atoms with Gasteiger partial charge in [-0.2, -0.15) is 0 Å². The summed E-state index contributed by atoms with van der Waals surface area (Å²) in [5.41, 5.74) is 1.30. The van der Waals surface area contributed by atoms with E-state index >= 15 is 0 Å². The van der Waals surface area contributed by atoms with E-state index in [0.717, 1.165) is 17.7 Å². The molecular formula is C21H17ClF2N2O2. The fourth-order valence-electron chi connectivity index (χ4n) is 2.78. The van der Waals surface area contributed by atoms with Gasteiger partial charge >= 0.3 is 0 Å². The maximum atomic E-state index is 13.9. The number of aromatic nitrogens is 1. The van der Waals surface area contributed by atoms with Gasteiger partial charge in [0.15, 0.2) is 0 Å². The summed E-state index contributed by atoms with van der Waals surface area (Å²) >= 11 is 5.88. The van der Waals surface area contributed by atoms with E-state index in [1.807, 2.05) is 0 Å². The van der Waals surface area contributed by atoms with Crippen molar-refractivity contribution in [3.63, 3.8) is 0 Å². The third-order valence-corrected chi connectivity index (χ3v) is 4.56. The first-order valence-electron chi connectivity index (χ1n) is 8.50. The molecule has 2 atom stereocenters. The van der Waals surface area contributed by atoms with Crippen LogP contribution in [0.1, 0.15) is 28.9 Å². The molecule has 3 rings (SSSR count). The van der Waals surface area contributed by atoms with Crippen LogP contribution in [-0.2, 0) is 0 Å². The van der Waals surface area contributed by atoms with Gasteiger partial charge in [0.05, 0.1) is 17.2 Å². The van der Waals surface area contributed by atoms with Crippen molar-refractivity contribution in [1.29, 1.82) is 0 Å². The zero-order valence-corrected chi connectivity index (χ0v) is 15.6. The third-order valence-electron chi connectivity index (χ3n) is 4.31. The Hall–Kier alpha value is -2.83. The lowest BCUT2D eigenvalue weighted by Crippen LogP contribution is -2.37. The highest BCUT2D eigenvalue weighted by molar-refractivity contribution is 6.30. The van der Waals surface area contributed by atoms with Crippen LogP contribution >= 0.6 is 11.6 Å². The van der Waals surface area contributed by atoms with Crippen LogP contribution in [0.25, 0.3) is 11.1 Å². The number of pyridine rings is 1. The van der Waals surface area contributed by atoms with Crippen LogP contribution in [0.2, 0.25) is 5.02 Å². The predicted molar refractivity (Wildman–Crippen MR) is 103 cm³/mol. The highest BCUT2D eigenvalue weighted by Crippen LogP contribution is 2.24. The van der Waals surface area contributed by atoms with Crippen LogP contribution in [0.5, 0.6) is 0 Å². The zero-order valence-electron chi connectivity index (χ0n) is 14.9. The van der Waals surface area contributed by atoms with Gasteiger partial charge in [-0.25, -0.2) is 8.78 Å². The van der Waals surface area contributed by atoms with Crippen LogP contribution in [0.4, 0.5) is 8.78 Å². The second kappa shape index (κ2) is 8.46. The minimum Gasteiger partial charge on any atom is -0.386 e. The van der Waals surface area contributed by atoms with Gasteiger partial charge < -0.3 is 10.4 Å². The number of benzene rings is 2. The fourth-order valence-corrected chi connectivity index (χ4v) is 2.90. The average Bonchev–Trinajstić information content (AvgIpc) is 2.68. The van der Waals surface area contributed by atoms with Crippen molar-refractivity contribution >= 4 is 17.5 Å². The van der Waals surface area contributed by atoms with Gasteiger partial charge in [0.25, 0.3) is 5.91 Å². The minimum absolute atomic E-state index is 0.250. The van der Waals surface area contributed by atoms with E-state index in [1.54, 1.807) is 36.5 Å². The van der Waals surface area contributed by atoms with Crippen molar-refractivity contribution in [3.05, 3.63) is 88.7 Å². The number of rotatable bonds is 5. The number of amides is 1. The van der Waals surface area contributed by atoms with Crippen molar-refractivity contribution in [2.75, 3.05) is 0 Å². The van der Waals surface area contributed by atoms with Crippen LogP contribution in [-0.4, -0.2) is 22.0 Å². The Balaban J connectivity index is 1.77. The number of nitrogens with one attached hydrogen (secondary N) is 1. The molecule has 1 amide bonds. The minimum atomic E-state index is -1.54. The Labute approximate surface area is 165 Å². The molecule has 144 valence electrons. The number of nitrogens with zero attached hydrogens (tertiary/aromatic N) is 1. The Morgan fingerprint density at radius 1 is 1.07 bits per heavy atom. The summed E-state index contributed by atoms with van der Waals surface area (Å²) < 4.78 is 27.7. The zero-order chi connectivity index (χ0) is 20.3. The lowest BCUT2D eigenvalue weighted by Gasteiger charge is -2.21. The molecular weight excluding hydrogens is 386 g/mol. The summed E-state index contributed by atoms with van der Waals surface area (Å²) in [4.78, 5) is 16.6. The number of hydrogen-bond acceptors (Lipinski definition) is 3. The van der Waals surface area contributed by atoms with Crippen LogP contribution in [0.15, 0.2) is 60.9 Å². The molecule has 2 unspecified atom stereocenters. The van der Waals surface area contributed by atoms with Gasteiger partial charge in [-0.15, -0.1) is 0 Å². The molecule has 0 saturated carbocycles. The first-order chi connectivity index (χ1) is 13.4. The number of halogens is 3. The first kappa shape index (κ1) is 19.9. The molecule has 2 N–H and O–H groups in total. The Bertz CT molecular complexity index is 976. The molecule has 0 radical (unpaired) electrons. The number of aliphatic hydroxyl groups is 1. The molecule has 1 aromatic heterocycles. The van der Waals surface area contributed by atoms with Gasteiger partial charge in [0, 0.05) is 23.0 Å². The Kier molecular flexibility index (Phi) is 6.02. The standard InChI is InChI=1S/C21H17ClF2N2O2/c1-12(20(27)19-17(23)3-2-4-18(19)24)26-21(28)15-9-14(10-25-11-15)13-5-7-16(22)8-6-13/h2-12,20,27H,1H3,(H,26,28). The summed E-state index contributed by atoms with van der Waals surface area (Å²) in [5.74, 6) is -2.27. The van der Waals surface area contributed by atoms with Gasteiger partial charge in [-0.1, -0.05) is 29.8 Å². The number of hydrogen-bond donors (Lipinski definition) is 2. The molecule has 0 saturated heterocycles. The molecule has 0 bridgehead atoms. The predicted octanol–water partition coefficient (Wildman–Crippen LogP) is 4.53. The summed E-state index contributed by atoms with van der Waals surface area (Å²) in [6.07, 6.45) is 1.43. The fraction of sp³-hybridized carbons (Fsp3) is 0.143. The van der Waals surface area contributed by atoms with E-state index in [0.29, 0.717) is 10.6 Å². The summed E-state index contributed by atoms with van der Waals surface area (Å²) in [5, 5.41) is 13.4. The number of carbonyl (C=O) groups excluding carboxylic acids is 1. The lowest BCUT2D eigenvalue weighted by molar-refractivity contribution is 0.0838. The smallest absolute Gasteiger partial charge is 0.253 e. The largest absolute Gasteiger partial charge is 0.386 e. The highest BCUT2D eigenvalue weighted by Gasteiger charge is 2.25.